The number of aryl methyl sites for hydroxylation is 1. The largest absolute Gasteiger partial charge is 0.423 e. The molecule has 0 saturated carbocycles. The molecule has 0 saturated heterocycles. The predicted octanol–water partition coefficient (Wildman–Crippen LogP) is 5.01. The van der Waals surface area contributed by atoms with E-state index in [0.29, 0.717) is 28.0 Å². The average molecular weight is 368 g/mol. The number of hydrogen-bond acceptors (Lipinski definition) is 6. The fraction of sp³-hybridized carbons (Fsp3) is 0.250. The molecular weight excluding hydrogens is 348 g/mol. The van der Waals surface area contributed by atoms with Crippen LogP contribution >= 0.6 is 11.8 Å². The van der Waals surface area contributed by atoms with Crippen molar-refractivity contribution in [3.63, 3.8) is 0 Å². The highest BCUT2D eigenvalue weighted by Gasteiger charge is 2.16. The first-order valence-corrected chi connectivity index (χ1v) is 9.33. The Kier molecular flexibility index (Phi) is 5.73. The van der Waals surface area contributed by atoms with E-state index >= 15 is 0 Å². The Hall–Kier alpha value is -2.60. The number of rotatable bonds is 6. The van der Waals surface area contributed by atoms with Gasteiger partial charge in [-0.15, -0.1) is 0 Å². The van der Waals surface area contributed by atoms with E-state index in [-0.39, 0.29) is 0 Å². The number of thioether (sulfide) groups is 1. The molecule has 2 heterocycles. The summed E-state index contributed by atoms with van der Waals surface area (Å²) in [6.45, 7) is 6.04. The number of carbonyl (C=O) groups excluding carboxylic acids is 1. The van der Waals surface area contributed by atoms with Crippen molar-refractivity contribution >= 4 is 17.7 Å². The van der Waals surface area contributed by atoms with E-state index in [9.17, 15) is 4.79 Å². The van der Waals surface area contributed by atoms with Crippen LogP contribution in [0.3, 0.4) is 0 Å². The van der Waals surface area contributed by atoms with Gasteiger partial charge in [0.05, 0.1) is 11.3 Å². The molecule has 0 amide bonds. The first-order chi connectivity index (χ1) is 12.5. The van der Waals surface area contributed by atoms with Crippen LogP contribution in [0.1, 0.15) is 47.1 Å². The van der Waals surface area contributed by atoms with Crippen LogP contribution in [-0.4, -0.2) is 16.1 Å². The maximum atomic E-state index is 12.6. The summed E-state index contributed by atoms with van der Waals surface area (Å²) in [5.41, 5.74) is 2.37. The number of ether oxygens (including phenoxy) is 1. The standard InChI is InChI=1S/C20H20N2O3S/c1-13(2)15-6-4-7-17(11-15)24-20(23)18-8-5-9-21-19(18)26-12-16-10-14(3)25-22-16/h4-11,13H,12H2,1-3H3. The number of hydrogen-bond donors (Lipinski definition) is 0. The zero-order valence-corrected chi connectivity index (χ0v) is 15.7. The topological polar surface area (TPSA) is 65.2 Å². The Morgan fingerprint density at radius 3 is 2.81 bits per heavy atom. The molecule has 0 fully saturated rings. The molecule has 3 rings (SSSR count). The SMILES string of the molecule is Cc1cc(CSc2ncccc2C(=O)Oc2cccc(C(C)C)c2)no1. The van der Waals surface area contributed by atoms with Crippen molar-refractivity contribution in [3.05, 3.63) is 71.2 Å². The van der Waals surface area contributed by atoms with E-state index in [2.05, 4.69) is 24.0 Å². The summed E-state index contributed by atoms with van der Waals surface area (Å²) in [6, 6.07) is 12.9. The zero-order chi connectivity index (χ0) is 18.5. The normalized spacial score (nSPS) is 10.9. The minimum atomic E-state index is -0.419. The first-order valence-electron chi connectivity index (χ1n) is 8.35. The molecule has 0 bridgehead atoms. The smallest absolute Gasteiger partial charge is 0.346 e. The fourth-order valence-corrected chi connectivity index (χ4v) is 3.25. The Bertz CT molecular complexity index is 905. The van der Waals surface area contributed by atoms with Crippen molar-refractivity contribution in [2.75, 3.05) is 0 Å². The molecular formula is C20H20N2O3S. The molecule has 6 heteroatoms. The summed E-state index contributed by atoms with van der Waals surface area (Å²) in [7, 11) is 0. The average Bonchev–Trinajstić information content (AvgIpc) is 3.05. The molecule has 0 unspecified atom stereocenters. The monoisotopic (exact) mass is 368 g/mol. The second-order valence-corrected chi connectivity index (χ2v) is 7.15. The van der Waals surface area contributed by atoms with E-state index in [1.807, 2.05) is 31.2 Å². The van der Waals surface area contributed by atoms with Crippen molar-refractivity contribution in [3.8, 4) is 5.75 Å². The fourth-order valence-electron chi connectivity index (χ4n) is 2.39. The minimum absolute atomic E-state index is 0.365. The van der Waals surface area contributed by atoms with Gasteiger partial charge in [0, 0.05) is 18.0 Å². The van der Waals surface area contributed by atoms with Crippen molar-refractivity contribution < 1.29 is 14.1 Å². The number of esters is 1. The number of pyridine rings is 1. The molecule has 0 atom stereocenters. The highest BCUT2D eigenvalue weighted by molar-refractivity contribution is 7.98. The molecule has 5 nitrogen and oxygen atoms in total. The van der Waals surface area contributed by atoms with Gasteiger partial charge >= 0.3 is 5.97 Å². The third kappa shape index (κ3) is 4.52. The number of nitrogens with zero attached hydrogens (tertiary/aromatic N) is 2. The van der Waals surface area contributed by atoms with Gasteiger partial charge in [-0.25, -0.2) is 9.78 Å². The lowest BCUT2D eigenvalue weighted by molar-refractivity contribution is 0.0730. The molecule has 3 aromatic rings. The van der Waals surface area contributed by atoms with Gasteiger partial charge in [0.25, 0.3) is 0 Å². The van der Waals surface area contributed by atoms with E-state index in [4.69, 9.17) is 9.26 Å². The van der Waals surface area contributed by atoms with Crippen molar-refractivity contribution in [1.29, 1.82) is 0 Å². The van der Waals surface area contributed by atoms with Gasteiger partial charge in [-0.3, -0.25) is 0 Å². The summed E-state index contributed by atoms with van der Waals surface area (Å²) in [5.74, 6) is 1.80. The molecule has 0 radical (unpaired) electrons. The Morgan fingerprint density at radius 1 is 1.23 bits per heavy atom. The maximum absolute atomic E-state index is 12.6. The Labute approximate surface area is 156 Å². The zero-order valence-electron chi connectivity index (χ0n) is 14.9. The van der Waals surface area contributed by atoms with E-state index in [1.165, 1.54) is 11.8 Å². The second-order valence-electron chi connectivity index (χ2n) is 6.19. The van der Waals surface area contributed by atoms with Crippen LogP contribution in [-0.2, 0) is 5.75 Å². The van der Waals surface area contributed by atoms with Gasteiger partial charge in [0.15, 0.2) is 0 Å². The molecule has 0 spiro atoms. The molecule has 0 aliphatic rings. The second kappa shape index (κ2) is 8.19. The predicted molar refractivity (Wildman–Crippen MR) is 101 cm³/mol. The van der Waals surface area contributed by atoms with Gasteiger partial charge in [-0.2, -0.15) is 0 Å². The molecule has 1 aromatic carbocycles. The van der Waals surface area contributed by atoms with Crippen molar-refractivity contribution in [2.24, 2.45) is 0 Å². The molecule has 0 N–H and O–H groups in total. The van der Waals surface area contributed by atoms with E-state index in [1.54, 1.807) is 24.4 Å². The lowest BCUT2D eigenvalue weighted by Gasteiger charge is -2.10. The summed E-state index contributed by atoms with van der Waals surface area (Å²) < 4.78 is 10.6. The van der Waals surface area contributed by atoms with Crippen LogP contribution in [0.2, 0.25) is 0 Å². The summed E-state index contributed by atoms with van der Waals surface area (Å²) in [5, 5.41) is 4.57. The molecule has 0 aliphatic carbocycles. The van der Waals surface area contributed by atoms with E-state index < -0.39 is 5.97 Å². The van der Waals surface area contributed by atoms with Crippen molar-refractivity contribution in [1.82, 2.24) is 10.1 Å². The van der Waals surface area contributed by atoms with Crippen LogP contribution in [0.15, 0.2) is 58.2 Å². The first kappa shape index (κ1) is 18.2. The molecule has 2 aromatic heterocycles. The lowest BCUT2D eigenvalue weighted by Crippen LogP contribution is -2.11. The van der Waals surface area contributed by atoms with E-state index in [0.717, 1.165) is 17.0 Å². The number of aromatic nitrogens is 2. The Balaban J connectivity index is 1.74. The highest BCUT2D eigenvalue weighted by atomic mass is 32.2. The van der Waals surface area contributed by atoms with Gasteiger partial charge < -0.3 is 9.26 Å². The van der Waals surface area contributed by atoms with Gasteiger partial charge in [-0.1, -0.05) is 42.9 Å². The van der Waals surface area contributed by atoms with Gasteiger partial charge in [0.1, 0.15) is 16.5 Å². The third-order valence-electron chi connectivity index (χ3n) is 3.76. The quantitative estimate of drug-likeness (QED) is 0.346. The van der Waals surface area contributed by atoms with Gasteiger partial charge in [-0.05, 0) is 42.7 Å². The third-order valence-corrected chi connectivity index (χ3v) is 4.80. The van der Waals surface area contributed by atoms with Crippen LogP contribution in [0, 0.1) is 6.92 Å². The molecule has 0 aliphatic heterocycles. The van der Waals surface area contributed by atoms with Crippen molar-refractivity contribution in [2.45, 2.75) is 37.5 Å². The molecule has 134 valence electrons. The minimum Gasteiger partial charge on any atom is -0.423 e. The maximum Gasteiger partial charge on any atom is 0.346 e. The summed E-state index contributed by atoms with van der Waals surface area (Å²) in [6.07, 6.45) is 1.66. The number of carbonyl (C=O) groups is 1. The molecule has 26 heavy (non-hydrogen) atoms. The van der Waals surface area contributed by atoms with Crippen LogP contribution in [0.4, 0.5) is 0 Å². The van der Waals surface area contributed by atoms with Crippen LogP contribution in [0.25, 0.3) is 0 Å². The van der Waals surface area contributed by atoms with Gasteiger partial charge in [0.2, 0.25) is 0 Å². The van der Waals surface area contributed by atoms with Crippen LogP contribution < -0.4 is 4.74 Å². The number of benzene rings is 1. The highest BCUT2D eigenvalue weighted by Crippen LogP contribution is 2.26. The lowest BCUT2D eigenvalue weighted by atomic mass is 10.0. The summed E-state index contributed by atoms with van der Waals surface area (Å²) in [4.78, 5) is 16.9. The van der Waals surface area contributed by atoms with Crippen LogP contribution in [0.5, 0.6) is 5.75 Å². The summed E-state index contributed by atoms with van der Waals surface area (Å²) >= 11 is 1.43. The Morgan fingerprint density at radius 2 is 2.08 bits per heavy atom.